The second kappa shape index (κ2) is 11.6. The minimum absolute atomic E-state index is 0.698. The van der Waals surface area contributed by atoms with Gasteiger partial charge in [0.2, 0.25) is 0 Å². The van der Waals surface area contributed by atoms with Gasteiger partial charge in [0, 0.05) is 5.69 Å². The lowest BCUT2D eigenvalue weighted by Crippen LogP contribution is -2.54. The quantitative estimate of drug-likeness (QED) is 0.183. The Bertz CT molecular complexity index is 1970. The van der Waals surface area contributed by atoms with E-state index in [0.29, 0.717) is 0 Å². The van der Waals surface area contributed by atoms with Crippen LogP contribution in [0.5, 0.6) is 11.5 Å². The molecule has 0 saturated carbocycles. The molecule has 7 aromatic carbocycles. The minimum atomic E-state index is -0.735. The maximum atomic E-state index is 6.57. The molecule has 0 atom stereocenters. The lowest BCUT2D eigenvalue weighted by molar-refractivity contribution is 0.479. The summed E-state index contributed by atoms with van der Waals surface area (Å²) in [5.74, 6) is 1.61. The molecule has 0 radical (unpaired) electrons. The van der Waals surface area contributed by atoms with Crippen LogP contribution < -0.4 is 9.64 Å². The number of para-hydroxylation sites is 2. The third-order valence-electron chi connectivity index (χ3n) is 9.20. The van der Waals surface area contributed by atoms with E-state index < -0.39 is 11.1 Å². The fraction of sp³-hybridized carbons (Fsp3) is 0.0455. The summed E-state index contributed by atoms with van der Waals surface area (Å²) < 4.78 is 6.57. The van der Waals surface area contributed by atoms with Crippen LogP contribution in [0.2, 0.25) is 0 Å². The van der Waals surface area contributed by atoms with Gasteiger partial charge in [-0.25, -0.2) is 0 Å². The predicted octanol–water partition coefficient (Wildman–Crippen LogP) is 10.6. The fourth-order valence-corrected chi connectivity index (χ4v) is 7.47. The van der Waals surface area contributed by atoms with Crippen molar-refractivity contribution in [3.8, 4) is 11.5 Å². The average Bonchev–Trinajstić information content (AvgIpc) is 3.42. The first kappa shape index (κ1) is 27.7. The molecule has 1 aliphatic heterocycles. The SMILES string of the molecule is c1ccc(Oc2ccc3c(c2)C(c2ccccc2)(c2ccccc2)N(c2ccccc2)C3(c2ccccc2)c2ccccc2)cc1. The van der Waals surface area contributed by atoms with Gasteiger partial charge in [0.05, 0.1) is 0 Å². The zero-order chi connectivity index (χ0) is 30.8. The molecule has 7 aromatic rings. The van der Waals surface area contributed by atoms with Gasteiger partial charge in [0.15, 0.2) is 0 Å². The number of fused-ring (bicyclic) bond motifs is 1. The fourth-order valence-electron chi connectivity index (χ4n) is 7.47. The van der Waals surface area contributed by atoms with Crippen LogP contribution in [0, 0.1) is 0 Å². The monoisotopic (exact) mass is 591 g/mol. The van der Waals surface area contributed by atoms with Crippen LogP contribution in [-0.2, 0) is 11.1 Å². The first-order valence-electron chi connectivity index (χ1n) is 15.8. The normalized spacial score (nSPS) is 14.4. The van der Waals surface area contributed by atoms with Gasteiger partial charge in [-0.3, -0.25) is 0 Å². The van der Waals surface area contributed by atoms with Crippen molar-refractivity contribution in [3.63, 3.8) is 0 Å². The van der Waals surface area contributed by atoms with Crippen LogP contribution in [0.15, 0.2) is 200 Å². The molecule has 0 amide bonds. The van der Waals surface area contributed by atoms with E-state index in [9.17, 15) is 0 Å². The number of anilines is 1. The lowest BCUT2D eigenvalue weighted by atomic mass is 9.76. The molecule has 220 valence electrons. The van der Waals surface area contributed by atoms with E-state index in [-0.39, 0.29) is 0 Å². The van der Waals surface area contributed by atoms with Gasteiger partial charge < -0.3 is 9.64 Å². The number of benzene rings is 7. The Morgan fingerprint density at radius 3 is 1.13 bits per heavy atom. The van der Waals surface area contributed by atoms with E-state index in [0.717, 1.165) is 17.2 Å². The second-order valence-corrected chi connectivity index (χ2v) is 11.7. The molecule has 0 N–H and O–H groups in total. The molecular formula is C44H33NO. The Balaban J connectivity index is 1.57. The topological polar surface area (TPSA) is 12.5 Å². The number of hydrogen-bond acceptors (Lipinski definition) is 2. The van der Waals surface area contributed by atoms with Crippen molar-refractivity contribution in [2.24, 2.45) is 0 Å². The van der Waals surface area contributed by atoms with Gasteiger partial charge in [-0.05, 0) is 69.8 Å². The van der Waals surface area contributed by atoms with Gasteiger partial charge in [0.25, 0.3) is 0 Å². The van der Waals surface area contributed by atoms with E-state index in [1.54, 1.807) is 0 Å². The molecule has 0 aromatic heterocycles. The highest BCUT2D eigenvalue weighted by atomic mass is 16.5. The molecule has 0 spiro atoms. The van der Waals surface area contributed by atoms with Crippen LogP contribution in [0.1, 0.15) is 33.4 Å². The zero-order valence-corrected chi connectivity index (χ0v) is 25.4. The van der Waals surface area contributed by atoms with Crippen molar-refractivity contribution >= 4 is 5.69 Å². The largest absolute Gasteiger partial charge is 0.457 e. The molecular weight excluding hydrogens is 558 g/mol. The lowest BCUT2D eigenvalue weighted by Gasteiger charge is -2.50. The Kier molecular flexibility index (Phi) is 6.96. The first-order chi connectivity index (χ1) is 22.8. The highest BCUT2D eigenvalue weighted by molar-refractivity contribution is 5.78. The van der Waals surface area contributed by atoms with Crippen molar-refractivity contribution < 1.29 is 4.74 Å². The van der Waals surface area contributed by atoms with Crippen molar-refractivity contribution in [2.75, 3.05) is 4.90 Å². The van der Waals surface area contributed by atoms with Gasteiger partial charge in [-0.2, -0.15) is 0 Å². The van der Waals surface area contributed by atoms with Crippen LogP contribution >= 0.6 is 0 Å². The third kappa shape index (κ3) is 4.26. The van der Waals surface area contributed by atoms with Crippen LogP contribution in [0.3, 0.4) is 0 Å². The molecule has 0 saturated heterocycles. The Labute approximate surface area is 270 Å². The van der Waals surface area contributed by atoms with Crippen LogP contribution in [0.4, 0.5) is 5.69 Å². The Morgan fingerprint density at radius 2 is 0.696 bits per heavy atom. The number of hydrogen-bond donors (Lipinski definition) is 0. The molecule has 0 aliphatic carbocycles. The van der Waals surface area contributed by atoms with Crippen LogP contribution in [-0.4, -0.2) is 0 Å². The summed E-state index contributed by atoms with van der Waals surface area (Å²) in [6.45, 7) is 0. The van der Waals surface area contributed by atoms with E-state index in [1.807, 2.05) is 30.3 Å². The summed E-state index contributed by atoms with van der Waals surface area (Å²) in [4.78, 5) is 2.66. The van der Waals surface area contributed by atoms with Crippen molar-refractivity contribution in [2.45, 2.75) is 11.1 Å². The average molecular weight is 592 g/mol. The minimum Gasteiger partial charge on any atom is -0.457 e. The molecule has 2 heteroatoms. The van der Waals surface area contributed by atoms with Crippen molar-refractivity contribution in [1.82, 2.24) is 0 Å². The van der Waals surface area contributed by atoms with Gasteiger partial charge in [-0.1, -0.05) is 164 Å². The number of rotatable bonds is 7. The molecule has 8 rings (SSSR count). The van der Waals surface area contributed by atoms with Crippen molar-refractivity contribution in [1.29, 1.82) is 0 Å². The summed E-state index contributed by atoms with van der Waals surface area (Å²) in [5, 5.41) is 0. The third-order valence-corrected chi connectivity index (χ3v) is 9.20. The Morgan fingerprint density at radius 1 is 0.326 bits per heavy atom. The standard InChI is InChI=1S/C44H33NO/c1-7-19-34(20-8-1)43(35-21-9-2-10-22-35)41-32-31-40(46-39-29-17-6-18-30-39)33-42(41)44(36-23-11-3-12-24-36,37-25-13-4-14-26-37)45(43)38-27-15-5-16-28-38/h1-33H. The summed E-state index contributed by atoms with van der Waals surface area (Å²) >= 11 is 0. The summed E-state index contributed by atoms with van der Waals surface area (Å²) in [6.07, 6.45) is 0. The van der Waals surface area contributed by atoms with Crippen LogP contribution in [0.25, 0.3) is 0 Å². The molecule has 1 aliphatic rings. The smallest absolute Gasteiger partial charge is 0.127 e. The van der Waals surface area contributed by atoms with E-state index in [1.165, 1.54) is 33.4 Å². The summed E-state index contributed by atoms with van der Waals surface area (Å²) in [6, 6.07) is 71.4. The molecule has 0 fully saturated rings. The number of nitrogens with zero attached hydrogens (tertiary/aromatic N) is 1. The molecule has 1 heterocycles. The molecule has 0 unspecified atom stereocenters. The maximum absolute atomic E-state index is 6.57. The van der Waals surface area contributed by atoms with Crippen molar-refractivity contribution in [3.05, 3.63) is 234 Å². The molecule has 0 bridgehead atoms. The zero-order valence-electron chi connectivity index (χ0n) is 25.4. The summed E-state index contributed by atoms with van der Waals surface area (Å²) in [7, 11) is 0. The van der Waals surface area contributed by atoms with E-state index in [4.69, 9.17) is 4.74 Å². The molecule has 2 nitrogen and oxygen atoms in total. The number of ether oxygens (including phenoxy) is 1. The molecule has 46 heavy (non-hydrogen) atoms. The Hall–Kier alpha value is -5.86. The second-order valence-electron chi connectivity index (χ2n) is 11.7. The van der Waals surface area contributed by atoms with E-state index >= 15 is 0 Å². The summed E-state index contributed by atoms with van der Waals surface area (Å²) in [5.41, 5.74) is 6.81. The first-order valence-corrected chi connectivity index (χ1v) is 15.8. The highest BCUT2D eigenvalue weighted by Crippen LogP contribution is 2.62. The predicted molar refractivity (Wildman–Crippen MR) is 187 cm³/mol. The maximum Gasteiger partial charge on any atom is 0.127 e. The van der Waals surface area contributed by atoms with Gasteiger partial charge >= 0.3 is 0 Å². The van der Waals surface area contributed by atoms with Gasteiger partial charge in [-0.15, -0.1) is 0 Å². The van der Waals surface area contributed by atoms with E-state index in [2.05, 4.69) is 175 Å². The van der Waals surface area contributed by atoms with Gasteiger partial charge in [0.1, 0.15) is 22.6 Å². The highest BCUT2D eigenvalue weighted by Gasteiger charge is 2.61.